The van der Waals surface area contributed by atoms with Gasteiger partial charge in [0.2, 0.25) is 0 Å². The number of benzene rings is 3. The van der Waals surface area contributed by atoms with E-state index < -0.39 is 23.6 Å². The molecular formula is C34H39NO6S. The molecule has 0 radical (unpaired) electrons. The van der Waals surface area contributed by atoms with E-state index in [1.165, 1.54) is 0 Å². The minimum Gasteiger partial charge on any atom is -0.476 e. The van der Waals surface area contributed by atoms with Gasteiger partial charge in [-0.25, -0.2) is 9.59 Å². The van der Waals surface area contributed by atoms with Crippen molar-refractivity contribution >= 4 is 29.6 Å². The lowest BCUT2D eigenvalue weighted by molar-refractivity contribution is -0.158. The summed E-state index contributed by atoms with van der Waals surface area (Å²) in [4.78, 5) is 42.3. The summed E-state index contributed by atoms with van der Waals surface area (Å²) in [6.45, 7) is 11.8. The van der Waals surface area contributed by atoms with E-state index in [0.717, 1.165) is 27.1 Å². The summed E-state index contributed by atoms with van der Waals surface area (Å²) in [7, 11) is 0. The minimum absolute atomic E-state index is 0.0163. The van der Waals surface area contributed by atoms with Gasteiger partial charge in [-0.05, 0) is 88.8 Å². The van der Waals surface area contributed by atoms with Crippen molar-refractivity contribution in [3.05, 3.63) is 88.5 Å². The van der Waals surface area contributed by atoms with Crippen LogP contribution in [0.2, 0.25) is 0 Å². The number of thioether (sulfide) groups is 1. The smallest absolute Gasteiger partial charge is 0.415 e. The van der Waals surface area contributed by atoms with Gasteiger partial charge in [0.15, 0.2) is 11.4 Å². The molecule has 1 heterocycles. The molecule has 1 aliphatic rings. The second-order valence-corrected chi connectivity index (χ2v) is 12.1. The number of Topliss-reactive ketones (excluding diaryl/α,β-unsaturated/α-hetero) is 1. The fourth-order valence-electron chi connectivity index (χ4n) is 5.26. The number of hydrogen-bond donors (Lipinski definition) is 0. The maximum absolute atomic E-state index is 13.9. The summed E-state index contributed by atoms with van der Waals surface area (Å²) in [5.74, 6) is -0.116. The van der Waals surface area contributed by atoms with Crippen LogP contribution in [0, 0.1) is 26.7 Å². The van der Waals surface area contributed by atoms with Crippen LogP contribution in [0.1, 0.15) is 59.3 Å². The van der Waals surface area contributed by atoms with Gasteiger partial charge in [0.1, 0.15) is 11.5 Å². The van der Waals surface area contributed by atoms with Crippen molar-refractivity contribution < 1.29 is 28.6 Å². The third-order valence-electron chi connectivity index (χ3n) is 7.55. The molecule has 0 saturated carbocycles. The summed E-state index contributed by atoms with van der Waals surface area (Å²) in [6, 6.07) is 18.9. The van der Waals surface area contributed by atoms with Crippen LogP contribution < -0.4 is 9.47 Å². The largest absolute Gasteiger partial charge is 0.476 e. The number of amides is 1. The first-order chi connectivity index (χ1) is 19.9. The number of aryl methyl sites for hydroxylation is 3. The average Bonchev–Trinajstić information content (AvgIpc) is 3.42. The predicted molar refractivity (Wildman–Crippen MR) is 165 cm³/mol. The third kappa shape index (κ3) is 6.98. The topological polar surface area (TPSA) is 82.1 Å². The van der Waals surface area contributed by atoms with Gasteiger partial charge >= 0.3 is 12.1 Å². The molecule has 7 nitrogen and oxygen atoms in total. The molecule has 1 aliphatic heterocycles. The Balaban J connectivity index is 1.65. The molecule has 0 bridgehead atoms. The molecule has 0 aliphatic carbocycles. The first-order valence-electron chi connectivity index (χ1n) is 14.1. The summed E-state index contributed by atoms with van der Waals surface area (Å²) >= 11 is 1.62. The van der Waals surface area contributed by atoms with E-state index in [0.29, 0.717) is 23.6 Å². The van der Waals surface area contributed by atoms with Crippen molar-refractivity contribution in [1.29, 1.82) is 0 Å². The molecule has 1 amide bonds. The van der Waals surface area contributed by atoms with Gasteiger partial charge in [0.25, 0.3) is 0 Å². The molecule has 222 valence electrons. The van der Waals surface area contributed by atoms with Crippen molar-refractivity contribution in [2.75, 3.05) is 26.0 Å². The Hall–Kier alpha value is -3.78. The van der Waals surface area contributed by atoms with E-state index in [2.05, 4.69) is 0 Å². The zero-order valence-electron chi connectivity index (χ0n) is 25.4. The molecule has 0 N–H and O–H groups in total. The normalized spacial score (nSPS) is 16.7. The van der Waals surface area contributed by atoms with Gasteiger partial charge in [-0.2, -0.15) is 0 Å². The first kappa shape index (κ1) is 31.2. The highest BCUT2D eigenvalue weighted by Gasteiger charge is 2.42. The van der Waals surface area contributed by atoms with Crippen LogP contribution in [-0.2, 0) is 9.53 Å². The monoisotopic (exact) mass is 589 g/mol. The molecule has 0 aromatic heterocycles. The molecule has 3 aromatic rings. The number of carbonyl (C=O) groups is 3. The first-order valence-corrected chi connectivity index (χ1v) is 15.3. The van der Waals surface area contributed by atoms with Gasteiger partial charge in [-0.3, -0.25) is 4.79 Å². The molecular weight excluding hydrogens is 550 g/mol. The lowest BCUT2D eigenvalue weighted by Crippen LogP contribution is -2.40. The van der Waals surface area contributed by atoms with Gasteiger partial charge in [0.05, 0.1) is 6.61 Å². The highest BCUT2D eigenvalue weighted by Crippen LogP contribution is 2.39. The molecule has 3 aromatic carbocycles. The Kier molecular flexibility index (Phi) is 9.67. The highest BCUT2D eigenvalue weighted by molar-refractivity contribution is 7.98. The second-order valence-electron chi connectivity index (χ2n) is 11.2. The summed E-state index contributed by atoms with van der Waals surface area (Å²) in [5.41, 5.74) is 3.10. The number of ketones is 1. The summed E-state index contributed by atoms with van der Waals surface area (Å²) in [6.07, 6.45) is 1.51. The molecule has 4 rings (SSSR count). The van der Waals surface area contributed by atoms with Gasteiger partial charge in [-0.1, -0.05) is 42.0 Å². The number of carbonyl (C=O) groups excluding carboxylic acids is 3. The Labute approximate surface area is 252 Å². The van der Waals surface area contributed by atoms with Gasteiger partial charge in [0, 0.05) is 35.4 Å². The number of ether oxygens (including phenoxy) is 3. The van der Waals surface area contributed by atoms with E-state index >= 15 is 0 Å². The Bertz CT molecular complexity index is 1420. The maximum Gasteiger partial charge on any atom is 0.415 e. The standard InChI is InChI=1S/C34H39NO6S/c1-8-39-32(37)34(5,6)41-31-22(3)17-25(18-23(31)4)28-19-35(33(38)40-26-13-9-21(2)10-14-26)20-29(28)30(36)24-11-15-27(42-7)16-12-24/h9-18,28-29H,8,19-20H2,1-7H3. The second kappa shape index (κ2) is 13.0. The molecule has 2 unspecified atom stereocenters. The van der Waals surface area contributed by atoms with Crippen molar-refractivity contribution in [3.63, 3.8) is 0 Å². The van der Waals surface area contributed by atoms with E-state index in [9.17, 15) is 14.4 Å². The zero-order chi connectivity index (χ0) is 30.6. The van der Waals surface area contributed by atoms with E-state index in [1.807, 2.05) is 75.6 Å². The number of rotatable bonds is 9. The molecule has 1 fully saturated rings. The zero-order valence-corrected chi connectivity index (χ0v) is 26.2. The summed E-state index contributed by atoms with van der Waals surface area (Å²) < 4.78 is 17.0. The number of nitrogens with zero attached hydrogens (tertiary/aromatic N) is 1. The Morgan fingerprint density at radius 1 is 0.929 bits per heavy atom. The summed E-state index contributed by atoms with van der Waals surface area (Å²) in [5, 5.41) is 0. The fourth-order valence-corrected chi connectivity index (χ4v) is 5.67. The number of hydrogen-bond acceptors (Lipinski definition) is 7. The van der Waals surface area contributed by atoms with Crippen LogP contribution in [0.3, 0.4) is 0 Å². The van der Waals surface area contributed by atoms with E-state index in [-0.39, 0.29) is 24.9 Å². The lowest BCUT2D eigenvalue weighted by atomic mass is 9.82. The third-order valence-corrected chi connectivity index (χ3v) is 8.29. The van der Waals surface area contributed by atoms with Gasteiger partial charge < -0.3 is 19.1 Å². The SMILES string of the molecule is CCOC(=O)C(C)(C)Oc1c(C)cc(C2CN(C(=O)Oc3ccc(C)cc3)CC2C(=O)c2ccc(SC)cc2)cc1C. The van der Waals surface area contributed by atoms with Gasteiger partial charge in [-0.15, -0.1) is 11.8 Å². The van der Waals surface area contributed by atoms with Crippen LogP contribution in [0.15, 0.2) is 65.6 Å². The number of esters is 1. The van der Waals surface area contributed by atoms with Crippen molar-refractivity contribution in [2.45, 2.75) is 58.0 Å². The van der Waals surface area contributed by atoms with Crippen LogP contribution in [0.4, 0.5) is 4.79 Å². The van der Waals surface area contributed by atoms with Crippen LogP contribution in [0.25, 0.3) is 0 Å². The Morgan fingerprint density at radius 2 is 1.55 bits per heavy atom. The molecule has 0 spiro atoms. The molecule has 8 heteroatoms. The molecule has 2 atom stereocenters. The lowest BCUT2D eigenvalue weighted by Gasteiger charge is -2.27. The van der Waals surface area contributed by atoms with Crippen LogP contribution >= 0.6 is 11.8 Å². The maximum atomic E-state index is 13.9. The molecule has 42 heavy (non-hydrogen) atoms. The van der Waals surface area contributed by atoms with Crippen molar-refractivity contribution in [2.24, 2.45) is 5.92 Å². The van der Waals surface area contributed by atoms with Crippen molar-refractivity contribution in [1.82, 2.24) is 4.90 Å². The fraction of sp³-hybridized carbons (Fsp3) is 0.382. The van der Waals surface area contributed by atoms with E-state index in [4.69, 9.17) is 14.2 Å². The average molecular weight is 590 g/mol. The highest BCUT2D eigenvalue weighted by atomic mass is 32.2. The molecule has 1 saturated heterocycles. The van der Waals surface area contributed by atoms with E-state index in [1.54, 1.807) is 49.6 Å². The predicted octanol–water partition coefficient (Wildman–Crippen LogP) is 7.15. The van der Waals surface area contributed by atoms with Crippen LogP contribution in [0.5, 0.6) is 11.5 Å². The minimum atomic E-state index is -1.17. The Morgan fingerprint density at radius 3 is 2.12 bits per heavy atom. The van der Waals surface area contributed by atoms with Crippen LogP contribution in [-0.4, -0.2) is 54.3 Å². The number of likely N-dealkylation sites (tertiary alicyclic amines) is 1. The van der Waals surface area contributed by atoms with Crippen molar-refractivity contribution in [3.8, 4) is 11.5 Å². The quantitative estimate of drug-likeness (QED) is 0.149.